The molecule has 0 bridgehead atoms. The number of hydrogen-bond acceptors (Lipinski definition) is 8. The number of methoxy groups -OCH3 is 1. The highest BCUT2D eigenvalue weighted by Gasteiger charge is 2.39. The number of carbonyl (C=O) groups excluding carboxylic acids is 1. The summed E-state index contributed by atoms with van der Waals surface area (Å²) in [6, 6.07) is 7.35. The molecule has 1 amide bonds. The lowest BCUT2D eigenvalue weighted by atomic mass is 9.94. The van der Waals surface area contributed by atoms with Gasteiger partial charge in [-0.15, -0.1) is 0 Å². The maximum absolute atomic E-state index is 12.9. The summed E-state index contributed by atoms with van der Waals surface area (Å²) < 4.78 is 22.9. The normalized spacial score (nSPS) is 18.5. The van der Waals surface area contributed by atoms with Gasteiger partial charge in [0.25, 0.3) is 5.91 Å². The lowest BCUT2D eigenvalue weighted by molar-refractivity contribution is -0.233. The minimum Gasteiger partial charge on any atom is -0.508 e. The number of nitrogens with one attached hydrogen (secondary N) is 1. The Balaban J connectivity index is 1.59. The van der Waals surface area contributed by atoms with Gasteiger partial charge in [0.05, 0.1) is 17.1 Å². The van der Waals surface area contributed by atoms with Crippen molar-refractivity contribution in [2.24, 2.45) is 0 Å². The van der Waals surface area contributed by atoms with Gasteiger partial charge in [-0.25, -0.2) is 4.79 Å². The van der Waals surface area contributed by atoms with Gasteiger partial charge in [0.15, 0.2) is 17.0 Å². The Bertz CT molecular complexity index is 1490. The Morgan fingerprint density at radius 3 is 2.62 bits per heavy atom. The van der Waals surface area contributed by atoms with E-state index in [-0.39, 0.29) is 39.2 Å². The van der Waals surface area contributed by atoms with Crippen molar-refractivity contribution < 1.29 is 33.6 Å². The third-order valence-corrected chi connectivity index (χ3v) is 7.04. The molecule has 0 saturated carbocycles. The second-order valence-electron chi connectivity index (χ2n) is 10.2. The van der Waals surface area contributed by atoms with E-state index in [1.54, 1.807) is 7.11 Å². The molecule has 1 aliphatic heterocycles. The van der Waals surface area contributed by atoms with E-state index in [0.29, 0.717) is 18.4 Å². The van der Waals surface area contributed by atoms with Crippen LogP contribution in [0.5, 0.6) is 17.2 Å². The smallest absolute Gasteiger partial charge is 0.364 e. The number of ether oxygens (including phenoxy) is 3. The minimum absolute atomic E-state index is 0.0181. The first-order valence-electron chi connectivity index (χ1n) is 12.5. The number of rotatable bonds is 7. The average Bonchev–Trinajstić information content (AvgIpc) is 2.87. The van der Waals surface area contributed by atoms with E-state index in [1.165, 1.54) is 30.3 Å². The molecule has 9 nitrogen and oxygen atoms in total. The lowest BCUT2D eigenvalue weighted by Crippen LogP contribution is -2.49. The fourth-order valence-electron chi connectivity index (χ4n) is 4.53. The monoisotopic (exact) mass is 557 g/mol. The molecule has 1 fully saturated rings. The summed E-state index contributed by atoms with van der Waals surface area (Å²) in [7, 11) is 1.64. The Labute approximate surface area is 230 Å². The molecule has 208 valence electrons. The van der Waals surface area contributed by atoms with Crippen molar-refractivity contribution in [3.8, 4) is 17.2 Å². The highest BCUT2D eigenvalue weighted by atomic mass is 35.5. The van der Waals surface area contributed by atoms with Crippen LogP contribution in [0.15, 0.2) is 51.2 Å². The molecule has 3 N–H and O–H groups in total. The van der Waals surface area contributed by atoms with E-state index in [9.17, 15) is 19.8 Å². The zero-order chi connectivity index (χ0) is 28.5. The summed E-state index contributed by atoms with van der Waals surface area (Å²) in [5, 5.41) is 23.5. The molecule has 0 aliphatic carbocycles. The molecule has 39 heavy (non-hydrogen) atoms. The van der Waals surface area contributed by atoms with Crippen molar-refractivity contribution in [1.29, 1.82) is 0 Å². The standard InChI is InChI=1S/C29H32ClNO8/c1-15(2)6-7-16-14-17(8-10-19(16)32)27(34)31-24-25(33)18-9-11-20(23(30)26(18)38-28(24)35)37-22-13-12-21(36-5)29(3,4)39-22/h6,8-11,14,21-22,32-33H,7,12-13H2,1-5H3,(H,31,34). The van der Waals surface area contributed by atoms with Crippen LogP contribution in [0.4, 0.5) is 5.69 Å². The van der Waals surface area contributed by atoms with Gasteiger partial charge in [-0.2, -0.15) is 0 Å². The van der Waals surface area contributed by atoms with Gasteiger partial charge in [0, 0.05) is 19.1 Å². The quantitative estimate of drug-likeness (QED) is 0.241. The maximum atomic E-state index is 12.9. The Kier molecular flexibility index (Phi) is 8.25. The number of anilines is 1. The minimum atomic E-state index is -0.992. The summed E-state index contributed by atoms with van der Waals surface area (Å²) in [5.41, 5.74) is -0.299. The van der Waals surface area contributed by atoms with Gasteiger partial charge in [-0.05, 0) is 76.4 Å². The molecular weight excluding hydrogens is 526 g/mol. The van der Waals surface area contributed by atoms with Crippen molar-refractivity contribution in [3.63, 3.8) is 0 Å². The van der Waals surface area contributed by atoms with Gasteiger partial charge < -0.3 is 34.2 Å². The molecule has 2 aromatic carbocycles. The van der Waals surface area contributed by atoms with Crippen LogP contribution >= 0.6 is 11.6 Å². The zero-order valence-electron chi connectivity index (χ0n) is 22.5. The molecule has 1 aliphatic rings. The molecule has 1 saturated heterocycles. The van der Waals surface area contributed by atoms with Crippen LogP contribution in [0.25, 0.3) is 11.0 Å². The Morgan fingerprint density at radius 2 is 1.95 bits per heavy atom. The predicted molar refractivity (Wildman–Crippen MR) is 148 cm³/mol. The first-order chi connectivity index (χ1) is 18.4. The van der Waals surface area contributed by atoms with Gasteiger partial charge in [-0.3, -0.25) is 4.79 Å². The van der Waals surface area contributed by atoms with Crippen molar-refractivity contribution in [1.82, 2.24) is 0 Å². The second-order valence-corrected chi connectivity index (χ2v) is 10.6. The van der Waals surface area contributed by atoms with Crippen LogP contribution in [-0.4, -0.2) is 41.2 Å². The number of fused-ring (bicyclic) bond motifs is 1. The highest BCUT2D eigenvalue weighted by molar-refractivity contribution is 6.36. The van der Waals surface area contributed by atoms with Gasteiger partial charge >= 0.3 is 5.63 Å². The topological polar surface area (TPSA) is 127 Å². The predicted octanol–water partition coefficient (Wildman–Crippen LogP) is 5.93. The largest absolute Gasteiger partial charge is 0.508 e. The maximum Gasteiger partial charge on any atom is 0.364 e. The van der Waals surface area contributed by atoms with Crippen LogP contribution in [0.2, 0.25) is 5.02 Å². The van der Waals surface area contributed by atoms with Crippen LogP contribution in [0, 0.1) is 0 Å². The van der Waals surface area contributed by atoms with E-state index >= 15 is 0 Å². The van der Waals surface area contributed by atoms with Crippen molar-refractivity contribution in [2.75, 3.05) is 12.4 Å². The molecule has 3 aromatic rings. The van der Waals surface area contributed by atoms with Gasteiger partial charge in [0.1, 0.15) is 16.5 Å². The first-order valence-corrected chi connectivity index (χ1v) is 12.9. The molecule has 10 heteroatoms. The van der Waals surface area contributed by atoms with Crippen LogP contribution in [0.3, 0.4) is 0 Å². The molecule has 4 rings (SSSR count). The molecule has 0 spiro atoms. The summed E-state index contributed by atoms with van der Waals surface area (Å²) in [5.74, 6) is -0.893. The van der Waals surface area contributed by atoms with E-state index < -0.39 is 34.9 Å². The third-order valence-electron chi connectivity index (χ3n) is 6.68. The van der Waals surface area contributed by atoms with E-state index in [0.717, 1.165) is 12.0 Å². The molecule has 0 radical (unpaired) electrons. The van der Waals surface area contributed by atoms with Gasteiger partial charge in [-0.1, -0.05) is 23.3 Å². The van der Waals surface area contributed by atoms with Crippen molar-refractivity contribution >= 4 is 34.2 Å². The van der Waals surface area contributed by atoms with Crippen LogP contribution in [0.1, 0.15) is 56.5 Å². The summed E-state index contributed by atoms with van der Waals surface area (Å²) in [6.07, 6.45) is 2.93. The van der Waals surface area contributed by atoms with Crippen LogP contribution in [-0.2, 0) is 15.9 Å². The van der Waals surface area contributed by atoms with Gasteiger partial charge in [0.2, 0.25) is 6.29 Å². The van der Waals surface area contributed by atoms with Crippen molar-refractivity contribution in [2.45, 2.75) is 65.0 Å². The number of phenols is 1. The number of phenolic OH excluding ortho intramolecular Hbond substituents is 1. The Morgan fingerprint density at radius 1 is 1.21 bits per heavy atom. The zero-order valence-corrected chi connectivity index (χ0v) is 23.2. The second kappa shape index (κ2) is 11.3. The number of carbonyl (C=O) groups is 1. The summed E-state index contributed by atoms with van der Waals surface area (Å²) in [4.78, 5) is 25.7. The van der Waals surface area contributed by atoms with Crippen LogP contribution < -0.4 is 15.7 Å². The van der Waals surface area contributed by atoms with E-state index in [1.807, 2.05) is 33.8 Å². The number of allylic oxidation sites excluding steroid dienone is 2. The number of amides is 1. The number of hydrogen-bond donors (Lipinski definition) is 3. The fraction of sp³-hybridized carbons (Fsp3) is 0.379. The Hall–Kier alpha value is -3.53. The number of halogens is 1. The summed E-state index contributed by atoms with van der Waals surface area (Å²) in [6.45, 7) is 7.68. The molecule has 2 atom stereocenters. The number of aromatic hydroxyl groups is 2. The third kappa shape index (κ3) is 6.06. The van der Waals surface area contributed by atoms with E-state index in [4.69, 9.17) is 30.2 Å². The molecule has 1 aromatic heterocycles. The highest BCUT2D eigenvalue weighted by Crippen LogP contribution is 2.40. The summed E-state index contributed by atoms with van der Waals surface area (Å²) >= 11 is 6.51. The average molecular weight is 558 g/mol. The van der Waals surface area contributed by atoms with E-state index in [2.05, 4.69) is 5.32 Å². The SMILES string of the molecule is COC1CCC(Oc2ccc3c(O)c(NC(=O)c4ccc(O)c(CC=C(C)C)c4)c(=O)oc3c2Cl)OC1(C)C. The number of benzene rings is 2. The first kappa shape index (κ1) is 28.5. The molecular formula is C29H32ClNO8. The molecule has 2 unspecified atom stereocenters. The molecule has 2 heterocycles. The lowest BCUT2D eigenvalue weighted by Gasteiger charge is -2.41. The fourth-order valence-corrected chi connectivity index (χ4v) is 4.77. The van der Waals surface area contributed by atoms with Crippen molar-refractivity contribution in [3.05, 3.63) is 68.6 Å².